The third kappa shape index (κ3) is 3.24. The molecular formula is C12H18N2O4. The highest BCUT2D eigenvalue weighted by atomic mass is 16.5. The van der Waals surface area contributed by atoms with E-state index in [0.29, 0.717) is 38.7 Å². The maximum atomic E-state index is 12.0. The van der Waals surface area contributed by atoms with Crippen LogP contribution in [-0.4, -0.2) is 51.0 Å². The van der Waals surface area contributed by atoms with Crippen LogP contribution in [0.4, 0.5) is 4.79 Å². The number of nitrogens with one attached hydrogen (secondary N) is 1. The smallest absolute Gasteiger partial charge is 0.318 e. The van der Waals surface area contributed by atoms with Gasteiger partial charge in [-0.25, -0.2) is 4.79 Å². The first kappa shape index (κ1) is 12.9. The fourth-order valence-electron chi connectivity index (χ4n) is 1.86. The molecule has 1 fully saturated rings. The molecule has 0 radical (unpaired) electrons. The average Bonchev–Trinajstić information content (AvgIpc) is 2.93. The fraction of sp³-hybridized carbons (Fsp3) is 0.583. The Hall–Kier alpha value is -1.53. The number of methoxy groups -OCH3 is 1. The van der Waals surface area contributed by atoms with Crippen LogP contribution in [0.2, 0.25) is 0 Å². The van der Waals surface area contributed by atoms with Gasteiger partial charge in [0.15, 0.2) is 0 Å². The van der Waals surface area contributed by atoms with Crippen molar-refractivity contribution in [2.75, 3.05) is 40.0 Å². The first-order valence-corrected chi connectivity index (χ1v) is 5.97. The van der Waals surface area contributed by atoms with Crippen LogP contribution in [0.25, 0.3) is 0 Å². The Bertz CT molecular complexity index is 360. The van der Waals surface area contributed by atoms with Crippen molar-refractivity contribution in [3.8, 4) is 0 Å². The summed E-state index contributed by atoms with van der Waals surface area (Å²) in [6.45, 7) is 2.78. The van der Waals surface area contributed by atoms with Crippen LogP contribution in [0.3, 0.4) is 0 Å². The average molecular weight is 254 g/mol. The molecule has 1 aliphatic rings. The highest BCUT2D eigenvalue weighted by molar-refractivity contribution is 5.74. The van der Waals surface area contributed by atoms with E-state index in [1.807, 2.05) is 6.07 Å². The molecule has 6 nitrogen and oxygen atoms in total. The molecule has 1 aliphatic heterocycles. The number of furan rings is 1. The van der Waals surface area contributed by atoms with Crippen molar-refractivity contribution in [3.63, 3.8) is 0 Å². The molecule has 1 unspecified atom stereocenters. The summed E-state index contributed by atoms with van der Waals surface area (Å²) in [6.07, 6.45) is 1.58. The number of urea groups is 1. The minimum atomic E-state index is -0.264. The highest BCUT2D eigenvalue weighted by Crippen LogP contribution is 2.14. The van der Waals surface area contributed by atoms with Gasteiger partial charge in [-0.05, 0) is 12.1 Å². The maximum Gasteiger partial charge on any atom is 0.318 e. The van der Waals surface area contributed by atoms with Gasteiger partial charge in [-0.3, -0.25) is 0 Å². The maximum absolute atomic E-state index is 12.0. The Labute approximate surface area is 106 Å². The van der Waals surface area contributed by atoms with Gasteiger partial charge < -0.3 is 24.1 Å². The lowest BCUT2D eigenvalue weighted by Gasteiger charge is -2.28. The molecule has 0 bridgehead atoms. The van der Waals surface area contributed by atoms with Crippen LogP contribution in [-0.2, 0) is 9.47 Å². The zero-order valence-corrected chi connectivity index (χ0v) is 10.4. The molecule has 1 saturated heterocycles. The minimum Gasteiger partial charge on any atom is -0.467 e. The lowest BCUT2D eigenvalue weighted by atomic mass is 10.2. The number of amides is 2. The summed E-state index contributed by atoms with van der Waals surface area (Å²) < 4.78 is 15.6. The van der Waals surface area contributed by atoms with Gasteiger partial charge in [0.1, 0.15) is 11.8 Å². The zero-order chi connectivity index (χ0) is 12.8. The topological polar surface area (TPSA) is 63.9 Å². The number of hydrogen-bond acceptors (Lipinski definition) is 4. The number of morpholine rings is 1. The van der Waals surface area contributed by atoms with Gasteiger partial charge in [-0.2, -0.15) is 0 Å². The van der Waals surface area contributed by atoms with Crippen LogP contribution < -0.4 is 5.32 Å². The summed E-state index contributed by atoms with van der Waals surface area (Å²) in [6, 6.07) is 3.24. The largest absolute Gasteiger partial charge is 0.467 e. The second-order valence-electron chi connectivity index (χ2n) is 4.07. The van der Waals surface area contributed by atoms with Gasteiger partial charge >= 0.3 is 6.03 Å². The molecule has 18 heavy (non-hydrogen) atoms. The summed E-state index contributed by atoms with van der Waals surface area (Å²) in [5.74, 6) is 0.693. The quantitative estimate of drug-likeness (QED) is 0.871. The monoisotopic (exact) mass is 254 g/mol. The second-order valence-corrected chi connectivity index (χ2v) is 4.07. The van der Waals surface area contributed by atoms with E-state index < -0.39 is 0 Å². The summed E-state index contributed by atoms with van der Waals surface area (Å²) in [5, 5.41) is 2.90. The molecular weight excluding hydrogens is 236 g/mol. The van der Waals surface area contributed by atoms with E-state index in [9.17, 15) is 4.79 Å². The number of rotatable bonds is 4. The number of carbonyl (C=O) groups is 1. The Morgan fingerprint density at radius 3 is 2.94 bits per heavy atom. The first-order valence-electron chi connectivity index (χ1n) is 5.97. The van der Waals surface area contributed by atoms with Gasteiger partial charge in [0.05, 0.1) is 26.1 Å². The predicted octanol–water partition coefficient (Wildman–Crippen LogP) is 1.01. The third-order valence-electron chi connectivity index (χ3n) is 2.82. The predicted molar refractivity (Wildman–Crippen MR) is 64.2 cm³/mol. The van der Waals surface area contributed by atoms with E-state index in [2.05, 4.69) is 5.32 Å². The number of ether oxygens (including phenoxy) is 2. The van der Waals surface area contributed by atoms with E-state index in [4.69, 9.17) is 13.9 Å². The SMILES string of the molecule is COCC(NC(=O)N1CCOCC1)c1ccco1. The van der Waals surface area contributed by atoms with Gasteiger partial charge in [0.25, 0.3) is 0 Å². The van der Waals surface area contributed by atoms with Crippen molar-refractivity contribution in [1.82, 2.24) is 10.2 Å². The number of nitrogens with zero attached hydrogens (tertiary/aromatic N) is 1. The molecule has 2 rings (SSSR count). The van der Waals surface area contributed by atoms with E-state index in [1.165, 1.54) is 0 Å². The lowest BCUT2D eigenvalue weighted by molar-refractivity contribution is 0.0509. The van der Waals surface area contributed by atoms with Crippen molar-refractivity contribution in [2.45, 2.75) is 6.04 Å². The Morgan fingerprint density at radius 2 is 2.33 bits per heavy atom. The molecule has 1 aromatic rings. The van der Waals surface area contributed by atoms with Crippen LogP contribution in [0.15, 0.2) is 22.8 Å². The van der Waals surface area contributed by atoms with Crippen molar-refractivity contribution in [2.24, 2.45) is 0 Å². The summed E-state index contributed by atoms with van der Waals surface area (Å²) in [4.78, 5) is 13.8. The molecule has 1 N–H and O–H groups in total. The molecule has 2 heterocycles. The van der Waals surface area contributed by atoms with Gasteiger partial charge in [0.2, 0.25) is 0 Å². The van der Waals surface area contributed by atoms with Crippen LogP contribution >= 0.6 is 0 Å². The fourth-order valence-corrected chi connectivity index (χ4v) is 1.86. The zero-order valence-electron chi connectivity index (χ0n) is 10.4. The molecule has 0 aromatic carbocycles. The highest BCUT2D eigenvalue weighted by Gasteiger charge is 2.22. The summed E-state index contributed by atoms with van der Waals surface area (Å²) >= 11 is 0. The number of carbonyl (C=O) groups excluding carboxylic acids is 1. The van der Waals surface area contributed by atoms with Crippen molar-refractivity contribution in [3.05, 3.63) is 24.2 Å². The molecule has 1 aromatic heterocycles. The standard InChI is InChI=1S/C12H18N2O4/c1-16-9-10(11-3-2-6-18-11)13-12(15)14-4-7-17-8-5-14/h2-3,6,10H,4-5,7-9H2,1H3,(H,13,15). The van der Waals surface area contributed by atoms with Crippen LogP contribution in [0.1, 0.15) is 11.8 Å². The first-order chi connectivity index (χ1) is 8.81. The van der Waals surface area contributed by atoms with Gasteiger partial charge in [0, 0.05) is 20.2 Å². The Kier molecular flexibility index (Phi) is 4.60. The minimum absolute atomic E-state index is 0.114. The van der Waals surface area contributed by atoms with E-state index in [0.717, 1.165) is 0 Å². The summed E-state index contributed by atoms with van der Waals surface area (Å²) in [7, 11) is 1.59. The second kappa shape index (κ2) is 6.42. The van der Waals surface area contributed by atoms with E-state index in [-0.39, 0.29) is 12.1 Å². The molecule has 2 amide bonds. The molecule has 1 atom stereocenters. The molecule has 0 spiro atoms. The van der Waals surface area contributed by atoms with Crippen LogP contribution in [0.5, 0.6) is 0 Å². The van der Waals surface area contributed by atoms with Gasteiger partial charge in [-0.15, -0.1) is 0 Å². The lowest BCUT2D eigenvalue weighted by Crippen LogP contribution is -2.47. The van der Waals surface area contributed by atoms with Crippen molar-refractivity contribution in [1.29, 1.82) is 0 Å². The Morgan fingerprint density at radius 1 is 1.56 bits per heavy atom. The molecule has 100 valence electrons. The number of hydrogen-bond donors (Lipinski definition) is 1. The third-order valence-corrected chi connectivity index (χ3v) is 2.82. The molecule has 0 saturated carbocycles. The van der Waals surface area contributed by atoms with Crippen molar-refractivity contribution < 1.29 is 18.7 Å². The molecule has 0 aliphatic carbocycles. The summed E-state index contributed by atoms with van der Waals surface area (Å²) in [5.41, 5.74) is 0. The van der Waals surface area contributed by atoms with Gasteiger partial charge in [-0.1, -0.05) is 0 Å². The Balaban J connectivity index is 1.93. The van der Waals surface area contributed by atoms with E-state index in [1.54, 1.807) is 24.3 Å². The van der Waals surface area contributed by atoms with Crippen LogP contribution in [0, 0.1) is 0 Å². The normalized spacial score (nSPS) is 17.5. The van der Waals surface area contributed by atoms with Crippen molar-refractivity contribution >= 4 is 6.03 Å². The molecule has 6 heteroatoms. The van der Waals surface area contributed by atoms with E-state index >= 15 is 0 Å².